The smallest absolute Gasteiger partial charge is 0.326 e. The first-order chi connectivity index (χ1) is 14.6. The number of nitrogens with one attached hydrogen (secondary N) is 2. The first-order valence-corrected chi connectivity index (χ1v) is 9.92. The quantitative estimate of drug-likeness (QED) is 0.265. The summed E-state index contributed by atoms with van der Waals surface area (Å²) < 4.78 is 0. The molecule has 4 unspecified atom stereocenters. The number of hydrogen-bond acceptors (Lipinski definition) is 7. The van der Waals surface area contributed by atoms with Crippen LogP contribution in [0, 0.1) is 0 Å². The molecule has 0 aliphatic carbocycles. The molecule has 2 rings (SSSR count). The maximum absolute atomic E-state index is 13.1. The molecule has 1 aromatic rings. The van der Waals surface area contributed by atoms with Gasteiger partial charge in [0.15, 0.2) is 0 Å². The predicted molar refractivity (Wildman–Crippen MR) is 109 cm³/mol. The van der Waals surface area contributed by atoms with Gasteiger partial charge in [-0.3, -0.25) is 14.4 Å². The minimum Gasteiger partial charge on any atom is -0.508 e. The first kappa shape index (κ1) is 24.1. The molecule has 1 fully saturated rings. The maximum Gasteiger partial charge on any atom is 0.326 e. The average Bonchev–Trinajstić information content (AvgIpc) is 3.23. The van der Waals surface area contributed by atoms with Gasteiger partial charge in [0.2, 0.25) is 17.7 Å². The lowest BCUT2D eigenvalue weighted by Gasteiger charge is -2.28. The number of carboxylic acid groups (broad SMARTS) is 1. The van der Waals surface area contributed by atoms with Crippen LogP contribution < -0.4 is 16.4 Å². The highest BCUT2D eigenvalue weighted by molar-refractivity contribution is 5.94. The largest absolute Gasteiger partial charge is 0.508 e. The summed E-state index contributed by atoms with van der Waals surface area (Å²) in [4.78, 5) is 50.3. The Hall–Kier alpha value is -3.18. The number of aliphatic carboxylic acids is 1. The predicted octanol–water partition coefficient (Wildman–Crippen LogP) is -1.68. The lowest BCUT2D eigenvalue weighted by atomic mass is 10.0. The Bertz CT molecular complexity index is 814. The molecule has 1 aromatic carbocycles. The van der Waals surface area contributed by atoms with Crippen LogP contribution >= 0.6 is 0 Å². The fourth-order valence-corrected chi connectivity index (χ4v) is 3.32. The third kappa shape index (κ3) is 6.40. The normalized spacial score (nSPS) is 18.7. The molecular weight excluding hydrogens is 408 g/mol. The molecule has 0 saturated carbocycles. The van der Waals surface area contributed by atoms with Gasteiger partial charge in [-0.05, 0) is 37.5 Å². The fraction of sp³-hybridized carbons (Fsp3) is 0.500. The van der Waals surface area contributed by atoms with Crippen LogP contribution in [0.4, 0.5) is 0 Å². The van der Waals surface area contributed by atoms with E-state index >= 15 is 0 Å². The number of likely N-dealkylation sites (tertiary alicyclic amines) is 1. The number of aromatic hydroxyl groups is 1. The van der Waals surface area contributed by atoms with Crippen LogP contribution in [0.2, 0.25) is 0 Å². The third-order valence-corrected chi connectivity index (χ3v) is 5.10. The molecule has 7 N–H and O–H groups in total. The van der Waals surface area contributed by atoms with Crippen molar-refractivity contribution in [1.29, 1.82) is 0 Å². The Morgan fingerprint density at radius 1 is 1.16 bits per heavy atom. The molecule has 1 aliphatic heterocycles. The van der Waals surface area contributed by atoms with Crippen molar-refractivity contribution in [2.75, 3.05) is 13.2 Å². The molecule has 1 aliphatic rings. The van der Waals surface area contributed by atoms with Gasteiger partial charge >= 0.3 is 5.97 Å². The Kier molecular flexibility index (Phi) is 8.34. The zero-order valence-corrected chi connectivity index (χ0v) is 17.2. The van der Waals surface area contributed by atoms with Crippen molar-refractivity contribution in [3.8, 4) is 5.75 Å². The summed E-state index contributed by atoms with van der Waals surface area (Å²) in [5.74, 6) is -3.01. The van der Waals surface area contributed by atoms with E-state index in [1.54, 1.807) is 12.1 Å². The highest BCUT2D eigenvalue weighted by Crippen LogP contribution is 2.20. The minimum atomic E-state index is -1.19. The summed E-state index contributed by atoms with van der Waals surface area (Å²) in [6, 6.07) is 1.77. The molecule has 11 heteroatoms. The Morgan fingerprint density at radius 2 is 1.81 bits per heavy atom. The number of carboxylic acids is 1. The van der Waals surface area contributed by atoms with E-state index in [1.807, 2.05) is 0 Å². The van der Waals surface area contributed by atoms with Gasteiger partial charge in [0.05, 0.1) is 6.61 Å². The Balaban J connectivity index is 2.17. The molecule has 0 spiro atoms. The zero-order chi connectivity index (χ0) is 23.1. The van der Waals surface area contributed by atoms with E-state index in [4.69, 9.17) is 10.8 Å². The van der Waals surface area contributed by atoms with Crippen LogP contribution in [-0.4, -0.2) is 81.2 Å². The van der Waals surface area contributed by atoms with Crippen LogP contribution in [0.15, 0.2) is 24.3 Å². The van der Waals surface area contributed by atoms with E-state index in [-0.39, 0.29) is 18.7 Å². The molecule has 0 aromatic heterocycles. The highest BCUT2D eigenvalue weighted by atomic mass is 16.4. The Labute approximate surface area is 179 Å². The number of phenols is 1. The molecular formula is C20H28N4O7. The lowest BCUT2D eigenvalue weighted by molar-refractivity contribution is -0.149. The number of nitrogens with two attached hydrogens (primary N) is 1. The van der Waals surface area contributed by atoms with Crippen molar-refractivity contribution >= 4 is 23.7 Å². The second-order valence-corrected chi connectivity index (χ2v) is 7.48. The topological polar surface area (TPSA) is 182 Å². The third-order valence-electron chi connectivity index (χ3n) is 5.10. The van der Waals surface area contributed by atoms with Crippen LogP contribution in [0.1, 0.15) is 25.3 Å². The molecule has 1 heterocycles. The van der Waals surface area contributed by atoms with E-state index in [9.17, 15) is 29.4 Å². The van der Waals surface area contributed by atoms with Gasteiger partial charge < -0.3 is 36.6 Å². The van der Waals surface area contributed by atoms with Crippen molar-refractivity contribution in [2.24, 2.45) is 5.73 Å². The lowest BCUT2D eigenvalue weighted by Crippen LogP contribution is -2.57. The molecule has 31 heavy (non-hydrogen) atoms. The molecule has 3 amide bonds. The minimum absolute atomic E-state index is 0.0395. The number of aliphatic hydroxyl groups is 1. The van der Waals surface area contributed by atoms with Crippen molar-refractivity contribution < 1.29 is 34.5 Å². The van der Waals surface area contributed by atoms with Gasteiger partial charge in [0.1, 0.15) is 29.9 Å². The van der Waals surface area contributed by atoms with E-state index in [0.717, 1.165) is 0 Å². The Morgan fingerprint density at radius 3 is 2.39 bits per heavy atom. The number of nitrogens with zero attached hydrogens (tertiary/aromatic N) is 1. The van der Waals surface area contributed by atoms with Crippen LogP contribution in [0.5, 0.6) is 5.75 Å². The van der Waals surface area contributed by atoms with Crippen LogP contribution in [0.25, 0.3) is 0 Å². The second kappa shape index (κ2) is 10.7. The van der Waals surface area contributed by atoms with Crippen molar-refractivity contribution in [3.63, 3.8) is 0 Å². The van der Waals surface area contributed by atoms with E-state index in [1.165, 1.54) is 24.0 Å². The van der Waals surface area contributed by atoms with Gasteiger partial charge in [-0.25, -0.2) is 4.79 Å². The zero-order valence-electron chi connectivity index (χ0n) is 17.2. The van der Waals surface area contributed by atoms with Crippen LogP contribution in [-0.2, 0) is 25.6 Å². The second-order valence-electron chi connectivity index (χ2n) is 7.48. The molecule has 1 saturated heterocycles. The number of hydrogen-bond donors (Lipinski definition) is 6. The first-order valence-electron chi connectivity index (χ1n) is 9.92. The van der Waals surface area contributed by atoms with E-state index in [2.05, 4.69) is 10.6 Å². The van der Waals surface area contributed by atoms with Gasteiger partial charge in [0.25, 0.3) is 0 Å². The monoisotopic (exact) mass is 436 g/mol. The molecule has 0 bridgehead atoms. The SMILES string of the molecule is CC(NC(=O)C(N)CO)C(=O)NC(Cc1ccc(O)cc1)C(=O)N1CCCC1C(=O)O. The van der Waals surface area contributed by atoms with Gasteiger partial charge in [-0.1, -0.05) is 12.1 Å². The number of phenolic OH excluding ortho intramolecular Hbond substituents is 1. The molecule has 11 nitrogen and oxygen atoms in total. The fourth-order valence-electron chi connectivity index (χ4n) is 3.32. The summed E-state index contributed by atoms with van der Waals surface area (Å²) in [5.41, 5.74) is 6.06. The number of carbonyl (C=O) groups excluding carboxylic acids is 3. The maximum atomic E-state index is 13.1. The summed E-state index contributed by atoms with van der Waals surface area (Å²) in [6.07, 6.45) is 0.922. The summed E-state index contributed by atoms with van der Waals surface area (Å²) in [5, 5.41) is 32.7. The number of aliphatic hydroxyl groups excluding tert-OH is 1. The van der Waals surface area contributed by atoms with E-state index in [0.29, 0.717) is 18.4 Å². The highest BCUT2D eigenvalue weighted by Gasteiger charge is 2.38. The number of carbonyl (C=O) groups is 4. The van der Waals surface area contributed by atoms with Crippen molar-refractivity contribution in [2.45, 2.75) is 50.4 Å². The standard InChI is InChI=1S/C20H28N4O7/c1-11(22-18(28)14(21)10-25)17(27)23-15(9-12-4-6-13(26)7-5-12)19(29)24-8-2-3-16(24)20(30)31/h4-7,11,14-16,25-26H,2-3,8-10,21H2,1H3,(H,22,28)(H,23,27)(H,30,31). The molecule has 0 radical (unpaired) electrons. The van der Waals surface area contributed by atoms with E-state index < -0.39 is 54.5 Å². The summed E-state index contributed by atoms with van der Waals surface area (Å²) in [6.45, 7) is 1.07. The van der Waals surface area contributed by atoms with Crippen molar-refractivity contribution in [3.05, 3.63) is 29.8 Å². The van der Waals surface area contributed by atoms with Gasteiger partial charge in [0, 0.05) is 13.0 Å². The van der Waals surface area contributed by atoms with Crippen LogP contribution in [0.3, 0.4) is 0 Å². The van der Waals surface area contributed by atoms with Gasteiger partial charge in [-0.2, -0.15) is 0 Å². The number of amides is 3. The van der Waals surface area contributed by atoms with Gasteiger partial charge in [-0.15, -0.1) is 0 Å². The number of benzene rings is 1. The number of rotatable bonds is 9. The van der Waals surface area contributed by atoms with Crippen molar-refractivity contribution in [1.82, 2.24) is 15.5 Å². The molecule has 4 atom stereocenters. The summed E-state index contributed by atoms with van der Waals surface area (Å²) in [7, 11) is 0. The molecule has 170 valence electrons. The average molecular weight is 436 g/mol. The summed E-state index contributed by atoms with van der Waals surface area (Å²) >= 11 is 0.